The minimum Gasteiger partial charge on any atom is -0.503 e. The van der Waals surface area contributed by atoms with E-state index in [-0.39, 0.29) is 22.2 Å². The third-order valence-electron chi connectivity index (χ3n) is 5.08. The van der Waals surface area contributed by atoms with Gasteiger partial charge in [0.15, 0.2) is 10.9 Å². The highest BCUT2D eigenvalue weighted by atomic mass is 32.1. The molecule has 0 bridgehead atoms. The van der Waals surface area contributed by atoms with Gasteiger partial charge >= 0.3 is 5.97 Å². The number of Topliss-reactive ketones (excluding diaryl/α,β-unsaturated/α-hetero) is 1. The fourth-order valence-electron chi connectivity index (χ4n) is 3.55. The summed E-state index contributed by atoms with van der Waals surface area (Å²) in [5.74, 6) is -1.79. The third kappa shape index (κ3) is 4.03. The van der Waals surface area contributed by atoms with E-state index >= 15 is 0 Å². The van der Waals surface area contributed by atoms with Crippen LogP contribution in [0.1, 0.15) is 43.6 Å². The van der Waals surface area contributed by atoms with Gasteiger partial charge in [0.1, 0.15) is 10.6 Å². The number of aryl methyl sites for hydroxylation is 1. The number of ketones is 1. The van der Waals surface area contributed by atoms with Crippen molar-refractivity contribution in [3.05, 3.63) is 74.1 Å². The molecule has 2 aromatic heterocycles. The van der Waals surface area contributed by atoms with Gasteiger partial charge < -0.3 is 14.6 Å². The summed E-state index contributed by atoms with van der Waals surface area (Å²) in [5, 5.41) is 12.7. The molecule has 0 saturated carbocycles. The molecule has 0 spiro atoms. The van der Waals surface area contributed by atoms with E-state index in [1.165, 1.54) is 23.3 Å². The fourth-order valence-corrected chi connectivity index (χ4v) is 5.21. The molecule has 1 amide bonds. The number of aromatic nitrogens is 1. The van der Waals surface area contributed by atoms with E-state index in [0.29, 0.717) is 21.9 Å². The molecule has 0 aliphatic carbocycles. The van der Waals surface area contributed by atoms with Crippen molar-refractivity contribution in [2.24, 2.45) is 0 Å². The van der Waals surface area contributed by atoms with Gasteiger partial charge in [0.2, 0.25) is 5.78 Å². The number of carbonyl (C=O) groups is 3. The Morgan fingerprint density at radius 2 is 1.94 bits per heavy atom. The maximum absolute atomic E-state index is 13.3. The van der Waals surface area contributed by atoms with E-state index in [0.717, 1.165) is 11.3 Å². The second kappa shape index (κ2) is 9.16. The Hall–Kier alpha value is -3.50. The van der Waals surface area contributed by atoms with Crippen LogP contribution >= 0.6 is 22.7 Å². The second-order valence-electron chi connectivity index (χ2n) is 7.05. The molecular formula is C23H20N2O6S2. The number of anilines is 1. The van der Waals surface area contributed by atoms with Gasteiger partial charge in [0, 0.05) is 0 Å². The van der Waals surface area contributed by atoms with E-state index in [1.807, 2.05) is 0 Å². The fraction of sp³-hybridized carbons (Fsp3) is 0.217. The number of benzene rings is 1. The molecule has 0 unspecified atom stereocenters. The van der Waals surface area contributed by atoms with Crippen molar-refractivity contribution in [1.29, 1.82) is 0 Å². The lowest BCUT2D eigenvalue weighted by atomic mass is 9.95. The van der Waals surface area contributed by atoms with Crippen molar-refractivity contribution in [3.8, 4) is 5.75 Å². The Bertz CT molecular complexity index is 1240. The lowest BCUT2D eigenvalue weighted by molar-refractivity contribution is -0.117. The van der Waals surface area contributed by atoms with Crippen molar-refractivity contribution in [1.82, 2.24) is 4.98 Å². The largest absolute Gasteiger partial charge is 0.503 e. The molecule has 1 aliphatic rings. The number of hydrogen-bond donors (Lipinski definition) is 1. The van der Waals surface area contributed by atoms with E-state index in [4.69, 9.17) is 9.47 Å². The van der Waals surface area contributed by atoms with Gasteiger partial charge in [0.05, 0.1) is 35.9 Å². The zero-order chi connectivity index (χ0) is 23.7. The molecule has 0 saturated heterocycles. The lowest BCUT2D eigenvalue weighted by Gasteiger charge is -2.24. The molecular weight excluding hydrogens is 464 g/mol. The molecule has 170 valence electrons. The molecule has 0 fully saturated rings. The number of ether oxygens (including phenoxy) is 2. The number of esters is 1. The second-order valence-corrected chi connectivity index (χ2v) is 8.98. The number of methoxy groups -OCH3 is 1. The molecule has 1 N–H and O–H groups in total. The Morgan fingerprint density at radius 1 is 1.21 bits per heavy atom. The first-order chi connectivity index (χ1) is 15.9. The molecule has 1 aromatic carbocycles. The van der Waals surface area contributed by atoms with E-state index < -0.39 is 29.5 Å². The van der Waals surface area contributed by atoms with Gasteiger partial charge in [-0.2, -0.15) is 0 Å². The van der Waals surface area contributed by atoms with Crippen molar-refractivity contribution in [3.63, 3.8) is 0 Å². The SMILES string of the molecule is CCOC(=O)c1sc(N2C(=O)C(O)=C(C(=O)c3cccs3)[C@H]2c2ccc(OC)cc2)nc1C. The molecule has 33 heavy (non-hydrogen) atoms. The summed E-state index contributed by atoms with van der Waals surface area (Å²) in [6.45, 7) is 3.54. The monoisotopic (exact) mass is 484 g/mol. The number of thiazole rings is 1. The van der Waals surface area contributed by atoms with Crippen LogP contribution in [0.15, 0.2) is 53.1 Å². The van der Waals surface area contributed by atoms with Crippen LogP contribution in [0.5, 0.6) is 5.75 Å². The number of thiophene rings is 1. The van der Waals surface area contributed by atoms with Crippen LogP contribution in [0.4, 0.5) is 5.13 Å². The first-order valence-corrected chi connectivity index (χ1v) is 11.7. The summed E-state index contributed by atoms with van der Waals surface area (Å²) >= 11 is 2.19. The summed E-state index contributed by atoms with van der Waals surface area (Å²) in [6, 6.07) is 9.28. The quantitative estimate of drug-likeness (QED) is 0.389. The molecule has 10 heteroatoms. The van der Waals surface area contributed by atoms with Crippen LogP contribution in [0.2, 0.25) is 0 Å². The maximum Gasteiger partial charge on any atom is 0.350 e. The Balaban J connectivity index is 1.84. The highest BCUT2D eigenvalue weighted by molar-refractivity contribution is 7.17. The van der Waals surface area contributed by atoms with Gasteiger partial charge in [-0.05, 0) is 43.0 Å². The molecule has 1 atom stereocenters. The van der Waals surface area contributed by atoms with Gasteiger partial charge in [-0.25, -0.2) is 9.78 Å². The van der Waals surface area contributed by atoms with Crippen LogP contribution in [-0.2, 0) is 9.53 Å². The summed E-state index contributed by atoms with van der Waals surface area (Å²) in [7, 11) is 1.53. The Morgan fingerprint density at radius 3 is 2.55 bits per heavy atom. The minimum atomic E-state index is -0.932. The van der Waals surface area contributed by atoms with Gasteiger partial charge in [0.25, 0.3) is 5.91 Å². The molecule has 0 radical (unpaired) electrons. The summed E-state index contributed by atoms with van der Waals surface area (Å²) < 4.78 is 10.3. The maximum atomic E-state index is 13.3. The third-order valence-corrected chi connectivity index (χ3v) is 7.09. The van der Waals surface area contributed by atoms with Crippen molar-refractivity contribution in [2.75, 3.05) is 18.6 Å². The summed E-state index contributed by atoms with van der Waals surface area (Å²) in [6.07, 6.45) is 0. The van der Waals surface area contributed by atoms with Gasteiger partial charge in [-0.3, -0.25) is 14.5 Å². The smallest absolute Gasteiger partial charge is 0.350 e. The first-order valence-electron chi connectivity index (χ1n) is 10.0. The topological polar surface area (TPSA) is 106 Å². The average Bonchev–Trinajstić information content (AvgIpc) is 3.53. The van der Waals surface area contributed by atoms with E-state index in [2.05, 4.69) is 4.98 Å². The predicted octanol–water partition coefficient (Wildman–Crippen LogP) is 4.48. The molecule has 8 nitrogen and oxygen atoms in total. The van der Waals surface area contributed by atoms with Crippen LogP contribution in [0, 0.1) is 6.92 Å². The van der Waals surface area contributed by atoms with E-state index in [1.54, 1.807) is 55.6 Å². The van der Waals surface area contributed by atoms with Crippen LogP contribution in [0.25, 0.3) is 0 Å². The average molecular weight is 485 g/mol. The molecule has 1 aliphatic heterocycles. The zero-order valence-corrected chi connectivity index (χ0v) is 19.7. The number of aliphatic hydroxyl groups excluding tert-OH is 1. The van der Waals surface area contributed by atoms with E-state index in [9.17, 15) is 19.5 Å². The lowest BCUT2D eigenvalue weighted by Crippen LogP contribution is -2.31. The summed E-state index contributed by atoms with van der Waals surface area (Å²) in [4.78, 5) is 45.1. The number of aliphatic hydroxyl groups is 1. The normalized spacial score (nSPS) is 15.8. The number of rotatable bonds is 7. The first kappa shape index (κ1) is 22.7. The predicted molar refractivity (Wildman–Crippen MR) is 124 cm³/mol. The van der Waals surface area contributed by atoms with Crippen LogP contribution < -0.4 is 9.64 Å². The molecule has 4 rings (SSSR count). The van der Waals surface area contributed by atoms with Gasteiger partial charge in [-0.15, -0.1) is 11.3 Å². The Kier molecular flexibility index (Phi) is 6.30. The van der Waals surface area contributed by atoms with Crippen molar-refractivity contribution < 1.29 is 29.0 Å². The number of nitrogens with zero attached hydrogens (tertiary/aromatic N) is 2. The highest BCUT2D eigenvalue weighted by Crippen LogP contribution is 2.44. The molecule has 3 heterocycles. The number of hydrogen-bond acceptors (Lipinski definition) is 9. The highest BCUT2D eigenvalue weighted by Gasteiger charge is 2.46. The number of amides is 1. The van der Waals surface area contributed by atoms with Crippen molar-refractivity contribution in [2.45, 2.75) is 19.9 Å². The van der Waals surface area contributed by atoms with Crippen molar-refractivity contribution >= 4 is 45.5 Å². The standard InChI is InChI=1S/C23H20N2O6S2/c1-4-31-22(29)20-12(2)24-23(33-20)25-17(13-7-9-14(30-3)10-8-13)16(19(27)21(25)28)18(26)15-6-5-11-32-15/h5-11,17,27H,4H2,1-3H3/t17-/m1/s1. The number of carbonyl (C=O) groups excluding carboxylic acids is 3. The molecule has 3 aromatic rings. The Labute approximate surface area is 197 Å². The minimum absolute atomic E-state index is 0.0434. The van der Waals surface area contributed by atoms with Crippen LogP contribution in [0.3, 0.4) is 0 Å². The zero-order valence-electron chi connectivity index (χ0n) is 18.0. The van der Waals surface area contributed by atoms with Crippen LogP contribution in [-0.4, -0.2) is 41.5 Å². The van der Waals surface area contributed by atoms with Gasteiger partial charge in [-0.1, -0.05) is 29.5 Å². The summed E-state index contributed by atoms with van der Waals surface area (Å²) in [5.41, 5.74) is 0.934.